The minimum atomic E-state index is 0.214. The molecule has 3 heteroatoms. The van der Waals surface area contributed by atoms with Crippen LogP contribution < -0.4 is 0 Å². The van der Waals surface area contributed by atoms with Crippen molar-refractivity contribution in [2.45, 2.75) is 13.0 Å². The molecule has 0 aliphatic carbocycles. The lowest BCUT2D eigenvalue weighted by Gasteiger charge is -2.15. The second-order valence-corrected chi connectivity index (χ2v) is 4.51. The van der Waals surface area contributed by atoms with Crippen molar-refractivity contribution < 1.29 is 0 Å². The lowest BCUT2D eigenvalue weighted by atomic mass is 10.1. The average molecular weight is 249 g/mol. The van der Waals surface area contributed by atoms with Gasteiger partial charge in [-0.15, -0.1) is 10.2 Å². The number of hydrogen-bond acceptors (Lipinski definition) is 2. The molecular weight excluding hydrogens is 234 g/mol. The Labute approximate surface area is 112 Å². The Hall–Kier alpha value is -2.42. The van der Waals surface area contributed by atoms with Crippen LogP contribution in [0.2, 0.25) is 0 Å². The van der Waals surface area contributed by atoms with Crippen LogP contribution in [-0.4, -0.2) is 14.8 Å². The van der Waals surface area contributed by atoms with E-state index >= 15 is 0 Å². The lowest BCUT2D eigenvalue weighted by molar-refractivity contribution is 0.643. The Morgan fingerprint density at radius 3 is 2.21 bits per heavy atom. The summed E-state index contributed by atoms with van der Waals surface area (Å²) in [6, 6.07) is 20.7. The summed E-state index contributed by atoms with van der Waals surface area (Å²) in [5.41, 5.74) is 2.34. The van der Waals surface area contributed by atoms with Crippen molar-refractivity contribution >= 4 is 0 Å². The van der Waals surface area contributed by atoms with Crippen LogP contribution in [0, 0.1) is 0 Å². The fourth-order valence-corrected chi connectivity index (χ4v) is 2.21. The third-order valence-electron chi connectivity index (χ3n) is 3.30. The molecule has 2 aromatic carbocycles. The van der Waals surface area contributed by atoms with E-state index in [-0.39, 0.29) is 6.04 Å². The van der Waals surface area contributed by atoms with E-state index in [2.05, 4.69) is 58.1 Å². The van der Waals surface area contributed by atoms with Crippen LogP contribution in [0.4, 0.5) is 0 Å². The molecule has 1 unspecified atom stereocenters. The van der Waals surface area contributed by atoms with Crippen molar-refractivity contribution in [3.63, 3.8) is 0 Å². The largest absolute Gasteiger partial charge is 0.306 e. The predicted molar refractivity (Wildman–Crippen MR) is 75.7 cm³/mol. The first kappa shape index (κ1) is 11.7. The first-order valence-electron chi connectivity index (χ1n) is 6.36. The maximum atomic E-state index is 4.25. The van der Waals surface area contributed by atoms with Gasteiger partial charge in [0.05, 0.1) is 6.04 Å². The SMILES string of the molecule is CC(c1ccccc1)n1cnnc1-c1ccccc1. The van der Waals surface area contributed by atoms with Crippen LogP contribution in [-0.2, 0) is 0 Å². The Morgan fingerprint density at radius 2 is 1.53 bits per heavy atom. The van der Waals surface area contributed by atoms with Crippen molar-refractivity contribution in [1.82, 2.24) is 14.8 Å². The van der Waals surface area contributed by atoms with E-state index in [1.807, 2.05) is 24.3 Å². The topological polar surface area (TPSA) is 30.7 Å². The number of rotatable bonds is 3. The molecule has 0 N–H and O–H groups in total. The van der Waals surface area contributed by atoms with Gasteiger partial charge >= 0.3 is 0 Å². The highest BCUT2D eigenvalue weighted by molar-refractivity contribution is 5.55. The first-order chi connectivity index (χ1) is 9.36. The van der Waals surface area contributed by atoms with E-state index in [1.54, 1.807) is 6.33 Å². The van der Waals surface area contributed by atoms with E-state index in [0.29, 0.717) is 0 Å². The molecule has 94 valence electrons. The summed E-state index contributed by atoms with van der Waals surface area (Å²) in [7, 11) is 0. The summed E-state index contributed by atoms with van der Waals surface area (Å²) < 4.78 is 2.10. The van der Waals surface area contributed by atoms with Gasteiger partial charge in [0.2, 0.25) is 0 Å². The minimum absolute atomic E-state index is 0.214. The quantitative estimate of drug-likeness (QED) is 0.710. The highest BCUT2D eigenvalue weighted by Gasteiger charge is 2.13. The molecule has 0 radical (unpaired) electrons. The third kappa shape index (κ3) is 2.27. The molecular formula is C16H15N3. The summed E-state index contributed by atoms with van der Waals surface area (Å²) in [6.45, 7) is 2.16. The van der Waals surface area contributed by atoms with Crippen LogP contribution in [0.1, 0.15) is 18.5 Å². The van der Waals surface area contributed by atoms with E-state index in [1.165, 1.54) is 5.56 Å². The van der Waals surface area contributed by atoms with Crippen molar-refractivity contribution in [3.8, 4) is 11.4 Å². The molecule has 1 atom stereocenters. The maximum absolute atomic E-state index is 4.25. The van der Waals surface area contributed by atoms with Gasteiger partial charge in [-0.3, -0.25) is 0 Å². The van der Waals surface area contributed by atoms with Gasteiger partial charge in [0, 0.05) is 5.56 Å². The van der Waals surface area contributed by atoms with E-state index in [9.17, 15) is 0 Å². The highest BCUT2D eigenvalue weighted by atomic mass is 15.3. The van der Waals surface area contributed by atoms with Gasteiger partial charge < -0.3 is 4.57 Å². The third-order valence-corrected chi connectivity index (χ3v) is 3.30. The van der Waals surface area contributed by atoms with Gasteiger partial charge in [-0.05, 0) is 12.5 Å². The number of aromatic nitrogens is 3. The number of nitrogens with zero attached hydrogens (tertiary/aromatic N) is 3. The molecule has 1 heterocycles. The second-order valence-electron chi connectivity index (χ2n) is 4.51. The van der Waals surface area contributed by atoms with Crippen LogP contribution in [0.15, 0.2) is 67.0 Å². The molecule has 0 saturated heterocycles. The van der Waals surface area contributed by atoms with Crippen LogP contribution >= 0.6 is 0 Å². The van der Waals surface area contributed by atoms with Gasteiger partial charge in [0.25, 0.3) is 0 Å². The van der Waals surface area contributed by atoms with Crippen molar-refractivity contribution in [1.29, 1.82) is 0 Å². The fourth-order valence-electron chi connectivity index (χ4n) is 2.21. The molecule has 3 rings (SSSR count). The molecule has 0 aliphatic heterocycles. The Morgan fingerprint density at radius 1 is 0.895 bits per heavy atom. The van der Waals surface area contributed by atoms with E-state index < -0.39 is 0 Å². The summed E-state index contributed by atoms with van der Waals surface area (Å²) in [6.07, 6.45) is 1.79. The normalized spacial score (nSPS) is 12.3. The molecule has 3 nitrogen and oxygen atoms in total. The van der Waals surface area contributed by atoms with Crippen LogP contribution in [0.25, 0.3) is 11.4 Å². The molecule has 0 amide bonds. The molecule has 1 aromatic heterocycles. The second kappa shape index (κ2) is 5.06. The van der Waals surface area contributed by atoms with Crippen molar-refractivity contribution in [3.05, 3.63) is 72.6 Å². The summed E-state index contributed by atoms with van der Waals surface area (Å²) >= 11 is 0. The molecule has 3 aromatic rings. The van der Waals surface area contributed by atoms with Crippen molar-refractivity contribution in [2.24, 2.45) is 0 Å². The lowest BCUT2D eigenvalue weighted by Crippen LogP contribution is -2.07. The van der Waals surface area contributed by atoms with Crippen LogP contribution in [0.3, 0.4) is 0 Å². The zero-order chi connectivity index (χ0) is 13.1. The number of benzene rings is 2. The monoisotopic (exact) mass is 249 g/mol. The van der Waals surface area contributed by atoms with Crippen molar-refractivity contribution in [2.75, 3.05) is 0 Å². The highest BCUT2D eigenvalue weighted by Crippen LogP contribution is 2.24. The van der Waals surface area contributed by atoms with Crippen LogP contribution in [0.5, 0.6) is 0 Å². The standard InChI is InChI=1S/C16H15N3/c1-13(14-8-4-2-5-9-14)19-12-17-18-16(19)15-10-6-3-7-11-15/h2-13H,1H3. The van der Waals surface area contributed by atoms with Gasteiger partial charge in [-0.25, -0.2) is 0 Å². The molecule has 19 heavy (non-hydrogen) atoms. The number of hydrogen-bond donors (Lipinski definition) is 0. The first-order valence-corrected chi connectivity index (χ1v) is 6.36. The molecule has 0 bridgehead atoms. The van der Waals surface area contributed by atoms with Gasteiger partial charge in [-0.1, -0.05) is 60.7 Å². The predicted octanol–water partition coefficient (Wildman–Crippen LogP) is 3.55. The maximum Gasteiger partial charge on any atom is 0.164 e. The summed E-state index contributed by atoms with van der Waals surface area (Å²) in [5.74, 6) is 0.900. The van der Waals surface area contributed by atoms with Gasteiger partial charge in [-0.2, -0.15) is 0 Å². The average Bonchev–Trinajstić information content (AvgIpc) is 2.98. The summed E-state index contributed by atoms with van der Waals surface area (Å²) in [4.78, 5) is 0. The smallest absolute Gasteiger partial charge is 0.164 e. The van der Waals surface area contributed by atoms with Gasteiger partial charge in [0.1, 0.15) is 6.33 Å². The zero-order valence-electron chi connectivity index (χ0n) is 10.8. The fraction of sp³-hybridized carbons (Fsp3) is 0.125. The molecule has 0 fully saturated rings. The molecule has 0 spiro atoms. The minimum Gasteiger partial charge on any atom is -0.306 e. The van der Waals surface area contributed by atoms with E-state index in [0.717, 1.165) is 11.4 Å². The Kier molecular flexibility index (Phi) is 3.11. The Bertz CT molecular complexity index is 644. The van der Waals surface area contributed by atoms with E-state index in [4.69, 9.17) is 0 Å². The Balaban J connectivity index is 2.01. The molecule has 0 saturated carbocycles. The zero-order valence-corrected chi connectivity index (χ0v) is 10.8. The molecule has 0 aliphatic rings. The summed E-state index contributed by atoms with van der Waals surface area (Å²) in [5, 5.41) is 8.30. The van der Waals surface area contributed by atoms with Gasteiger partial charge in [0.15, 0.2) is 5.82 Å².